The molecule has 0 radical (unpaired) electrons. The smallest absolute Gasteiger partial charge is 0.193 e. The number of benzene rings is 2. The second-order valence-electron chi connectivity index (χ2n) is 8.23. The van der Waals surface area contributed by atoms with Crippen LogP contribution in [0.25, 0.3) is 0 Å². The lowest BCUT2D eigenvalue weighted by molar-refractivity contribution is 0.0342. The number of halogens is 1. The van der Waals surface area contributed by atoms with Crippen LogP contribution in [0.3, 0.4) is 0 Å². The summed E-state index contributed by atoms with van der Waals surface area (Å²) in [5.41, 5.74) is 2.64. The Morgan fingerprint density at radius 3 is 2.44 bits per heavy atom. The molecule has 2 aliphatic heterocycles. The molecule has 0 bridgehead atoms. The molecule has 0 unspecified atom stereocenters. The third-order valence-electron chi connectivity index (χ3n) is 5.95. The molecule has 0 spiro atoms. The largest absolute Gasteiger partial charge is 0.490 e. The molecular weight excluding hydrogens is 515 g/mol. The topological polar surface area (TPSA) is 49.3 Å². The molecule has 2 aromatic carbocycles. The normalized spacial score (nSPS) is 18.2. The average molecular weight is 550 g/mol. The van der Waals surface area contributed by atoms with E-state index in [2.05, 4.69) is 44.4 Å². The van der Waals surface area contributed by atoms with Crippen LogP contribution in [-0.2, 0) is 17.8 Å². The van der Waals surface area contributed by atoms with E-state index in [1.807, 2.05) is 37.4 Å². The summed E-state index contributed by atoms with van der Waals surface area (Å²) in [5.74, 6) is 1.93. The summed E-state index contributed by atoms with van der Waals surface area (Å²) in [6.07, 6.45) is 2.28. The van der Waals surface area contributed by atoms with Gasteiger partial charge < -0.3 is 19.7 Å². The predicted octanol–water partition coefficient (Wildman–Crippen LogP) is 3.76. The summed E-state index contributed by atoms with van der Waals surface area (Å²) in [4.78, 5) is 9.31. The number of nitrogens with zero attached hydrogens (tertiary/aromatic N) is 3. The first-order valence-corrected chi connectivity index (χ1v) is 11.4. The first-order valence-electron chi connectivity index (χ1n) is 11.4. The highest BCUT2D eigenvalue weighted by atomic mass is 127. The molecule has 4 rings (SSSR count). The number of hydrogen-bond donors (Lipinski definition) is 1. The van der Waals surface area contributed by atoms with Gasteiger partial charge in [0.15, 0.2) is 5.96 Å². The lowest BCUT2D eigenvalue weighted by Crippen LogP contribution is -2.47. The van der Waals surface area contributed by atoms with E-state index >= 15 is 0 Å². The first-order chi connectivity index (χ1) is 15.3. The van der Waals surface area contributed by atoms with Crippen molar-refractivity contribution in [3.05, 3.63) is 65.7 Å². The minimum atomic E-state index is 0. The number of hydrogen-bond acceptors (Lipinski definition) is 4. The standard InChI is InChI=1S/C25H34N4O2.HI/c1-26-25(29-12-10-24(11-13-29)31-23-8-3-2-4-9-23)27-19-21-6-5-7-22(18-21)20-28-14-16-30-17-15-28;/h2-9,18,24H,10-17,19-20H2,1H3,(H,26,27);1H. The molecule has 0 amide bonds. The minimum Gasteiger partial charge on any atom is -0.490 e. The average Bonchev–Trinajstić information content (AvgIpc) is 2.82. The second-order valence-corrected chi connectivity index (χ2v) is 8.23. The zero-order chi connectivity index (χ0) is 21.3. The fourth-order valence-corrected chi connectivity index (χ4v) is 4.25. The molecule has 0 aliphatic carbocycles. The van der Waals surface area contributed by atoms with Gasteiger partial charge in [0.1, 0.15) is 11.9 Å². The van der Waals surface area contributed by atoms with Crippen LogP contribution in [0.1, 0.15) is 24.0 Å². The summed E-state index contributed by atoms with van der Waals surface area (Å²) < 4.78 is 11.6. The van der Waals surface area contributed by atoms with Crippen molar-refractivity contribution in [1.82, 2.24) is 15.1 Å². The third-order valence-corrected chi connectivity index (χ3v) is 5.95. The third kappa shape index (κ3) is 7.35. The van der Waals surface area contributed by atoms with Gasteiger partial charge in [0.05, 0.1) is 13.2 Å². The number of morpholine rings is 1. The van der Waals surface area contributed by atoms with Crippen LogP contribution in [-0.4, -0.2) is 68.3 Å². The van der Waals surface area contributed by atoms with E-state index in [9.17, 15) is 0 Å². The maximum atomic E-state index is 6.12. The molecular formula is C25H35IN4O2. The van der Waals surface area contributed by atoms with Crippen LogP contribution >= 0.6 is 24.0 Å². The van der Waals surface area contributed by atoms with Crippen LogP contribution in [0.2, 0.25) is 0 Å². The number of para-hydroxylation sites is 1. The number of rotatable bonds is 6. The summed E-state index contributed by atoms with van der Waals surface area (Å²) in [7, 11) is 1.86. The van der Waals surface area contributed by atoms with E-state index in [0.717, 1.165) is 77.0 Å². The van der Waals surface area contributed by atoms with Crippen molar-refractivity contribution in [2.45, 2.75) is 32.0 Å². The molecule has 0 saturated carbocycles. The van der Waals surface area contributed by atoms with Gasteiger partial charge in [0.25, 0.3) is 0 Å². The van der Waals surface area contributed by atoms with Gasteiger partial charge in [0, 0.05) is 59.2 Å². The number of ether oxygens (including phenoxy) is 2. The summed E-state index contributed by atoms with van der Waals surface area (Å²) in [6.45, 7) is 7.38. The summed E-state index contributed by atoms with van der Waals surface area (Å²) >= 11 is 0. The maximum Gasteiger partial charge on any atom is 0.193 e. The van der Waals surface area contributed by atoms with Crippen molar-refractivity contribution in [1.29, 1.82) is 0 Å². The van der Waals surface area contributed by atoms with Crippen LogP contribution in [0.5, 0.6) is 5.75 Å². The monoisotopic (exact) mass is 550 g/mol. The molecule has 2 heterocycles. The molecule has 32 heavy (non-hydrogen) atoms. The Morgan fingerprint density at radius 2 is 1.72 bits per heavy atom. The molecule has 2 fully saturated rings. The van der Waals surface area contributed by atoms with Crippen LogP contribution in [0.4, 0.5) is 0 Å². The maximum absolute atomic E-state index is 6.12. The zero-order valence-corrected chi connectivity index (χ0v) is 21.2. The number of aliphatic imine (C=N–C) groups is 1. The van der Waals surface area contributed by atoms with Crippen LogP contribution in [0, 0.1) is 0 Å². The highest BCUT2D eigenvalue weighted by Gasteiger charge is 2.22. The lowest BCUT2D eigenvalue weighted by Gasteiger charge is -2.34. The molecule has 2 saturated heterocycles. The van der Waals surface area contributed by atoms with Crippen molar-refractivity contribution in [2.24, 2.45) is 4.99 Å². The van der Waals surface area contributed by atoms with E-state index in [4.69, 9.17) is 9.47 Å². The van der Waals surface area contributed by atoms with Gasteiger partial charge in [-0.1, -0.05) is 42.5 Å². The highest BCUT2D eigenvalue weighted by molar-refractivity contribution is 14.0. The van der Waals surface area contributed by atoms with E-state index in [0.29, 0.717) is 0 Å². The summed E-state index contributed by atoms with van der Waals surface area (Å²) in [6, 6.07) is 19.0. The Balaban J connectivity index is 0.00000289. The van der Waals surface area contributed by atoms with Crippen molar-refractivity contribution in [3.8, 4) is 5.75 Å². The molecule has 7 heteroatoms. The Morgan fingerprint density at radius 1 is 1.00 bits per heavy atom. The van der Waals surface area contributed by atoms with E-state index < -0.39 is 0 Å². The number of piperidine rings is 1. The van der Waals surface area contributed by atoms with Crippen molar-refractivity contribution in [2.75, 3.05) is 46.4 Å². The molecule has 174 valence electrons. The number of guanidine groups is 1. The van der Waals surface area contributed by atoms with E-state index in [1.165, 1.54) is 11.1 Å². The van der Waals surface area contributed by atoms with Crippen molar-refractivity contribution in [3.63, 3.8) is 0 Å². The predicted molar refractivity (Wildman–Crippen MR) is 140 cm³/mol. The van der Waals surface area contributed by atoms with Gasteiger partial charge in [-0.05, 0) is 23.3 Å². The van der Waals surface area contributed by atoms with Crippen molar-refractivity contribution < 1.29 is 9.47 Å². The zero-order valence-electron chi connectivity index (χ0n) is 18.9. The summed E-state index contributed by atoms with van der Waals surface area (Å²) in [5, 5.41) is 3.55. The molecule has 2 aromatic rings. The second kappa shape index (κ2) is 13.0. The molecule has 6 nitrogen and oxygen atoms in total. The Hall–Kier alpha value is -1.84. The van der Waals surface area contributed by atoms with Gasteiger partial charge in [0.2, 0.25) is 0 Å². The van der Waals surface area contributed by atoms with E-state index in [-0.39, 0.29) is 30.1 Å². The number of likely N-dealkylation sites (tertiary alicyclic amines) is 1. The van der Waals surface area contributed by atoms with Gasteiger partial charge in [-0.15, -0.1) is 24.0 Å². The quantitative estimate of drug-likeness (QED) is 0.338. The highest BCUT2D eigenvalue weighted by Crippen LogP contribution is 2.19. The van der Waals surface area contributed by atoms with Crippen LogP contribution in [0.15, 0.2) is 59.6 Å². The van der Waals surface area contributed by atoms with Gasteiger partial charge in [-0.2, -0.15) is 0 Å². The Labute approximate surface area is 209 Å². The Bertz CT molecular complexity index is 835. The number of nitrogens with one attached hydrogen (secondary N) is 1. The lowest BCUT2D eigenvalue weighted by atomic mass is 10.1. The molecule has 0 aromatic heterocycles. The molecule has 2 aliphatic rings. The molecule has 1 N–H and O–H groups in total. The van der Waals surface area contributed by atoms with Gasteiger partial charge in [-0.3, -0.25) is 9.89 Å². The Kier molecular flexibility index (Phi) is 10.1. The first kappa shape index (κ1) is 24.8. The van der Waals surface area contributed by atoms with Crippen LogP contribution < -0.4 is 10.1 Å². The van der Waals surface area contributed by atoms with E-state index in [1.54, 1.807) is 0 Å². The van der Waals surface area contributed by atoms with Crippen molar-refractivity contribution >= 4 is 29.9 Å². The van der Waals surface area contributed by atoms with Gasteiger partial charge >= 0.3 is 0 Å². The fraction of sp³-hybridized carbons (Fsp3) is 0.480. The SMILES string of the molecule is CN=C(NCc1cccc(CN2CCOCC2)c1)N1CCC(Oc2ccccc2)CC1.I. The molecule has 0 atom stereocenters. The minimum absolute atomic E-state index is 0. The fourth-order valence-electron chi connectivity index (χ4n) is 4.25. The van der Waals surface area contributed by atoms with Gasteiger partial charge in [-0.25, -0.2) is 0 Å².